The lowest BCUT2D eigenvalue weighted by molar-refractivity contribution is -0.123. The molecular weight excluding hydrogens is 344 g/mol. The van der Waals surface area contributed by atoms with Crippen LogP contribution < -0.4 is 5.32 Å². The van der Waals surface area contributed by atoms with Gasteiger partial charge in [-0.3, -0.25) is 9.59 Å². The maximum atomic E-state index is 12.1. The van der Waals surface area contributed by atoms with Crippen molar-refractivity contribution in [2.45, 2.75) is 12.3 Å². The number of hydrogen-bond acceptors (Lipinski definition) is 3. The highest BCUT2D eigenvalue weighted by Crippen LogP contribution is 2.42. The maximum absolute atomic E-state index is 12.1. The van der Waals surface area contributed by atoms with Gasteiger partial charge in [0.15, 0.2) is 0 Å². The standard InChI is InChI=1S/C17H13ClN2O2.CH2O2/c18-12-7-9(5-6-14(12)21)11-8-15(22)20-16-10-3-1-2-4-13(10)19-17(11)16;2-1-3/h1-7,11,19,21H,8H2,(H,20,22);1H,(H,2,3). The summed E-state index contributed by atoms with van der Waals surface area (Å²) in [5, 5.41) is 20.7. The molecule has 25 heavy (non-hydrogen) atoms. The molecule has 4 N–H and O–H groups in total. The van der Waals surface area contributed by atoms with Crippen molar-refractivity contribution >= 4 is 40.6 Å². The van der Waals surface area contributed by atoms with Crippen molar-refractivity contribution in [3.05, 3.63) is 58.7 Å². The van der Waals surface area contributed by atoms with Gasteiger partial charge >= 0.3 is 0 Å². The van der Waals surface area contributed by atoms with E-state index in [9.17, 15) is 9.90 Å². The van der Waals surface area contributed by atoms with E-state index in [1.807, 2.05) is 24.3 Å². The van der Waals surface area contributed by atoms with Crippen molar-refractivity contribution in [3.8, 4) is 5.75 Å². The van der Waals surface area contributed by atoms with Crippen LogP contribution in [0.3, 0.4) is 0 Å². The van der Waals surface area contributed by atoms with Crippen LogP contribution in [0, 0.1) is 0 Å². The molecular formula is C18H15ClN2O4. The first-order valence-corrected chi connectivity index (χ1v) is 7.89. The molecule has 0 aliphatic carbocycles. The van der Waals surface area contributed by atoms with Gasteiger partial charge in [-0.15, -0.1) is 0 Å². The molecule has 0 spiro atoms. The molecule has 3 aromatic rings. The Morgan fingerprint density at radius 2 is 1.92 bits per heavy atom. The van der Waals surface area contributed by atoms with Gasteiger partial charge in [-0.05, 0) is 23.8 Å². The third kappa shape index (κ3) is 3.16. The lowest BCUT2D eigenvalue weighted by Gasteiger charge is -2.23. The number of aromatic amines is 1. The minimum atomic E-state index is -0.250. The normalized spacial score (nSPS) is 15.7. The highest BCUT2D eigenvalue weighted by atomic mass is 35.5. The third-order valence-electron chi connectivity index (χ3n) is 4.11. The maximum Gasteiger partial charge on any atom is 0.290 e. The zero-order valence-electron chi connectivity index (χ0n) is 13.0. The number of H-pyrrole nitrogens is 1. The molecule has 2 heterocycles. The molecule has 128 valence electrons. The highest BCUT2D eigenvalue weighted by Gasteiger charge is 2.30. The molecule has 1 unspecified atom stereocenters. The number of aromatic hydroxyl groups is 1. The molecule has 1 aromatic heterocycles. The Balaban J connectivity index is 0.000000569. The van der Waals surface area contributed by atoms with E-state index in [1.165, 1.54) is 0 Å². The number of fused-ring (bicyclic) bond motifs is 3. The Morgan fingerprint density at radius 3 is 2.64 bits per heavy atom. The van der Waals surface area contributed by atoms with Gasteiger partial charge in [-0.2, -0.15) is 0 Å². The smallest absolute Gasteiger partial charge is 0.290 e. The number of aromatic nitrogens is 1. The van der Waals surface area contributed by atoms with Crippen LogP contribution >= 0.6 is 11.6 Å². The Labute approximate surface area is 148 Å². The topological polar surface area (TPSA) is 102 Å². The van der Waals surface area contributed by atoms with E-state index in [4.69, 9.17) is 21.5 Å². The number of carbonyl (C=O) groups is 2. The second-order valence-electron chi connectivity index (χ2n) is 5.58. The Bertz CT molecular complexity index is 951. The number of phenolic OH excluding ortho intramolecular Hbond substituents is 1. The van der Waals surface area contributed by atoms with Gasteiger partial charge in [0.05, 0.1) is 10.7 Å². The lowest BCUT2D eigenvalue weighted by Crippen LogP contribution is -2.23. The number of anilines is 1. The summed E-state index contributed by atoms with van der Waals surface area (Å²) in [7, 11) is 0. The molecule has 0 bridgehead atoms. The largest absolute Gasteiger partial charge is 0.506 e. The molecule has 0 saturated heterocycles. The highest BCUT2D eigenvalue weighted by molar-refractivity contribution is 6.32. The van der Waals surface area contributed by atoms with E-state index >= 15 is 0 Å². The summed E-state index contributed by atoms with van der Waals surface area (Å²) < 4.78 is 0. The fourth-order valence-corrected chi connectivity index (χ4v) is 3.25. The van der Waals surface area contributed by atoms with E-state index in [0.29, 0.717) is 11.4 Å². The summed E-state index contributed by atoms with van der Waals surface area (Å²) in [6.07, 6.45) is 0.348. The molecule has 1 aliphatic heterocycles. The molecule has 0 saturated carbocycles. The summed E-state index contributed by atoms with van der Waals surface area (Å²) >= 11 is 6.01. The van der Waals surface area contributed by atoms with Gasteiger partial charge in [-0.1, -0.05) is 35.9 Å². The average molecular weight is 359 g/mol. The van der Waals surface area contributed by atoms with Gasteiger partial charge < -0.3 is 20.5 Å². The average Bonchev–Trinajstić information content (AvgIpc) is 2.96. The summed E-state index contributed by atoms with van der Waals surface area (Å²) in [6, 6.07) is 13.0. The SMILES string of the molecule is O=C1CC(c2ccc(O)c(Cl)c2)c2[nH]c3ccccc3c2N1.O=CO. The van der Waals surface area contributed by atoms with Crippen LogP contribution in [0.1, 0.15) is 23.6 Å². The second-order valence-corrected chi connectivity index (χ2v) is 5.99. The predicted octanol–water partition coefficient (Wildman–Crippen LogP) is 3.70. The number of halogens is 1. The van der Waals surface area contributed by atoms with E-state index in [1.54, 1.807) is 18.2 Å². The Hall–Kier alpha value is -2.99. The van der Waals surface area contributed by atoms with Gasteiger partial charge in [0.25, 0.3) is 6.47 Å². The monoisotopic (exact) mass is 358 g/mol. The van der Waals surface area contributed by atoms with Gasteiger partial charge in [-0.25, -0.2) is 0 Å². The number of rotatable bonds is 1. The number of carbonyl (C=O) groups excluding carboxylic acids is 1. The number of hydrogen-bond donors (Lipinski definition) is 4. The van der Waals surface area contributed by atoms with Crippen molar-refractivity contribution in [1.82, 2.24) is 4.98 Å². The minimum absolute atomic E-state index is 0.0218. The van der Waals surface area contributed by atoms with Crippen LogP contribution in [0.5, 0.6) is 5.75 Å². The molecule has 1 amide bonds. The van der Waals surface area contributed by atoms with Gasteiger partial charge in [0.2, 0.25) is 5.91 Å². The quantitative estimate of drug-likeness (QED) is 0.498. The first-order valence-electron chi connectivity index (χ1n) is 7.52. The Kier molecular flexibility index (Phi) is 4.63. The molecule has 1 atom stereocenters. The Morgan fingerprint density at radius 1 is 1.20 bits per heavy atom. The molecule has 1 aliphatic rings. The van der Waals surface area contributed by atoms with Crippen molar-refractivity contribution in [2.75, 3.05) is 5.32 Å². The van der Waals surface area contributed by atoms with Crippen LogP contribution in [-0.4, -0.2) is 27.6 Å². The lowest BCUT2D eigenvalue weighted by atomic mass is 9.88. The van der Waals surface area contributed by atoms with E-state index < -0.39 is 0 Å². The second kappa shape index (κ2) is 6.86. The molecule has 7 heteroatoms. The van der Waals surface area contributed by atoms with E-state index in [0.717, 1.165) is 27.8 Å². The van der Waals surface area contributed by atoms with Gasteiger partial charge in [0.1, 0.15) is 5.75 Å². The summed E-state index contributed by atoms with van der Waals surface area (Å²) in [4.78, 5) is 23.9. The zero-order chi connectivity index (χ0) is 18.0. The van der Waals surface area contributed by atoms with E-state index in [-0.39, 0.29) is 24.0 Å². The van der Waals surface area contributed by atoms with Crippen LogP contribution in [-0.2, 0) is 9.59 Å². The van der Waals surface area contributed by atoms with E-state index in [2.05, 4.69) is 10.3 Å². The van der Waals surface area contributed by atoms with Crippen molar-refractivity contribution in [2.24, 2.45) is 0 Å². The van der Waals surface area contributed by atoms with Crippen LogP contribution in [0.4, 0.5) is 5.69 Å². The van der Waals surface area contributed by atoms with Crippen LogP contribution in [0.25, 0.3) is 10.9 Å². The van der Waals surface area contributed by atoms with Crippen LogP contribution in [0.2, 0.25) is 5.02 Å². The van der Waals surface area contributed by atoms with Crippen molar-refractivity contribution in [3.63, 3.8) is 0 Å². The van der Waals surface area contributed by atoms with Crippen molar-refractivity contribution in [1.29, 1.82) is 0 Å². The fraction of sp³-hybridized carbons (Fsp3) is 0.111. The molecule has 2 aromatic carbocycles. The molecule has 4 rings (SSSR count). The fourth-order valence-electron chi connectivity index (χ4n) is 3.06. The van der Waals surface area contributed by atoms with Gasteiger partial charge in [0, 0.05) is 28.9 Å². The predicted molar refractivity (Wildman–Crippen MR) is 95.2 cm³/mol. The minimum Gasteiger partial charge on any atom is -0.506 e. The zero-order valence-corrected chi connectivity index (χ0v) is 13.7. The summed E-state index contributed by atoms with van der Waals surface area (Å²) in [5.41, 5.74) is 3.71. The number of para-hydroxylation sites is 1. The summed E-state index contributed by atoms with van der Waals surface area (Å²) in [6.45, 7) is -0.250. The number of benzene rings is 2. The van der Waals surface area contributed by atoms with Crippen LogP contribution in [0.15, 0.2) is 42.5 Å². The first-order chi connectivity index (χ1) is 12.0. The summed E-state index contributed by atoms with van der Waals surface area (Å²) in [5.74, 6) is -0.0803. The molecule has 0 fully saturated rings. The molecule has 0 radical (unpaired) electrons. The number of nitrogens with one attached hydrogen (secondary N) is 2. The number of amides is 1. The number of phenols is 1. The van der Waals surface area contributed by atoms with Crippen molar-refractivity contribution < 1.29 is 19.8 Å². The molecule has 6 nitrogen and oxygen atoms in total. The third-order valence-corrected chi connectivity index (χ3v) is 4.41. The number of carboxylic acid groups (broad SMARTS) is 1. The first kappa shape index (κ1) is 16.9.